The zero-order valence-corrected chi connectivity index (χ0v) is 12.0. The number of nitrogens with zero attached hydrogens (tertiary/aromatic N) is 1. The molecule has 4 heteroatoms. The van der Waals surface area contributed by atoms with Crippen LogP contribution in [0.5, 0.6) is 0 Å². The number of amides is 1. The maximum absolute atomic E-state index is 12.4. The van der Waals surface area contributed by atoms with E-state index in [1.807, 2.05) is 38.1 Å². The molecule has 1 heterocycles. The van der Waals surface area contributed by atoms with Crippen molar-refractivity contribution in [1.82, 2.24) is 4.90 Å². The summed E-state index contributed by atoms with van der Waals surface area (Å²) in [5, 5.41) is 9.30. The fourth-order valence-electron chi connectivity index (χ4n) is 2.74. The van der Waals surface area contributed by atoms with Crippen LogP contribution >= 0.6 is 0 Å². The summed E-state index contributed by atoms with van der Waals surface area (Å²) in [7, 11) is 0. The highest BCUT2D eigenvalue weighted by atomic mass is 16.4. The van der Waals surface area contributed by atoms with Gasteiger partial charge in [0.1, 0.15) is 0 Å². The molecular weight excluding hydrogens is 254 g/mol. The SMILES string of the molecule is CC(C)CC(CN1CCc2ccccc2C1=O)C(=O)O. The van der Waals surface area contributed by atoms with Gasteiger partial charge in [0.25, 0.3) is 5.91 Å². The van der Waals surface area contributed by atoms with E-state index >= 15 is 0 Å². The molecule has 0 radical (unpaired) electrons. The van der Waals surface area contributed by atoms with Crippen molar-refractivity contribution in [3.8, 4) is 0 Å². The lowest BCUT2D eigenvalue weighted by atomic mass is 9.94. The molecule has 1 atom stereocenters. The van der Waals surface area contributed by atoms with E-state index in [0.29, 0.717) is 31.0 Å². The van der Waals surface area contributed by atoms with Crippen molar-refractivity contribution in [3.05, 3.63) is 35.4 Å². The van der Waals surface area contributed by atoms with Gasteiger partial charge >= 0.3 is 5.97 Å². The predicted molar refractivity (Wildman–Crippen MR) is 76.6 cm³/mol. The summed E-state index contributed by atoms with van der Waals surface area (Å²) < 4.78 is 0. The lowest BCUT2D eigenvalue weighted by molar-refractivity contribution is -0.142. The van der Waals surface area contributed by atoms with Crippen LogP contribution in [0.25, 0.3) is 0 Å². The minimum absolute atomic E-state index is 0.0399. The number of carboxylic acid groups (broad SMARTS) is 1. The topological polar surface area (TPSA) is 57.6 Å². The number of hydrogen-bond acceptors (Lipinski definition) is 2. The lowest BCUT2D eigenvalue weighted by Gasteiger charge is -2.31. The molecule has 0 saturated heterocycles. The highest BCUT2D eigenvalue weighted by molar-refractivity contribution is 5.96. The van der Waals surface area contributed by atoms with Crippen molar-refractivity contribution in [1.29, 1.82) is 0 Å². The van der Waals surface area contributed by atoms with Gasteiger partial charge in [-0.25, -0.2) is 0 Å². The monoisotopic (exact) mass is 275 g/mol. The summed E-state index contributed by atoms with van der Waals surface area (Å²) in [4.78, 5) is 25.4. The fourth-order valence-corrected chi connectivity index (χ4v) is 2.74. The molecule has 0 bridgehead atoms. The van der Waals surface area contributed by atoms with Gasteiger partial charge in [0.05, 0.1) is 5.92 Å². The maximum Gasteiger partial charge on any atom is 0.308 e. The zero-order valence-electron chi connectivity index (χ0n) is 12.0. The number of carbonyl (C=O) groups is 2. The molecule has 0 spiro atoms. The molecule has 108 valence electrons. The summed E-state index contributed by atoms with van der Waals surface area (Å²) in [5.74, 6) is -1.03. The Hall–Kier alpha value is -1.84. The first-order valence-corrected chi connectivity index (χ1v) is 7.09. The Kier molecular flexibility index (Phi) is 4.42. The van der Waals surface area contributed by atoms with Crippen LogP contribution in [-0.2, 0) is 11.2 Å². The third-order valence-electron chi connectivity index (χ3n) is 3.73. The Morgan fingerprint density at radius 3 is 2.70 bits per heavy atom. The van der Waals surface area contributed by atoms with Crippen molar-refractivity contribution in [2.24, 2.45) is 11.8 Å². The molecule has 1 amide bonds. The minimum Gasteiger partial charge on any atom is -0.481 e. The fraction of sp³-hybridized carbons (Fsp3) is 0.500. The van der Waals surface area contributed by atoms with E-state index in [-0.39, 0.29) is 5.91 Å². The van der Waals surface area contributed by atoms with Gasteiger partial charge in [-0.1, -0.05) is 32.0 Å². The summed E-state index contributed by atoms with van der Waals surface area (Å²) in [5.41, 5.74) is 1.77. The summed E-state index contributed by atoms with van der Waals surface area (Å²) in [6, 6.07) is 7.57. The number of hydrogen-bond donors (Lipinski definition) is 1. The molecule has 0 aromatic heterocycles. The number of rotatable bonds is 5. The lowest BCUT2D eigenvalue weighted by Crippen LogP contribution is -2.42. The molecule has 1 aromatic carbocycles. The highest BCUT2D eigenvalue weighted by Gasteiger charge is 2.29. The van der Waals surface area contributed by atoms with Gasteiger partial charge in [-0.3, -0.25) is 9.59 Å². The van der Waals surface area contributed by atoms with E-state index < -0.39 is 11.9 Å². The van der Waals surface area contributed by atoms with Crippen LogP contribution in [0.3, 0.4) is 0 Å². The Balaban J connectivity index is 2.11. The molecule has 2 rings (SSSR count). The first-order chi connectivity index (χ1) is 9.49. The normalized spacial score (nSPS) is 16.1. The number of benzene rings is 1. The second-order valence-corrected chi connectivity index (χ2v) is 5.82. The quantitative estimate of drug-likeness (QED) is 0.898. The van der Waals surface area contributed by atoms with Crippen LogP contribution in [0.2, 0.25) is 0 Å². The standard InChI is InChI=1S/C16H21NO3/c1-11(2)9-13(16(19)20)10-17-8-7-12-5-3-4-6-14(12)15(17)18/h3-6,11,13H,7-10H2,1-2H3,(H,19,20). The van der Waals surface area contributed by atoms with Crippen molar-refractivity contribution >= 4 is 11.9 Å². The van der Waals surface area contributed by atoms with Gasteiger partial charge in [-0.2, -0.15) is 0 Å². The van der Waals surface area contributed by atoms with Crippen LogP contribution in [0.15, 0.2) is 24.3 Å². The average Bonchev–Trinajstić information content (AvgIpc) is 2.40. The van der Waals surface area contributed by atoms with Crippen molar-refractivity contribution < 1.29 is 14.7 Å². The molecule has 1 N–H and O–H groups in total. The van der Waals surface area contributed by atoms with Crippen LogP contribution in [-0.4, -0.2) is 35.0 Å². The Morgan fingerprint density at radius 2 is 2.05 bits per heavy atom. The van der Waals surface area contributed by atoms with Crippen LogP contribution in [0.1, 0.15) is 36.2 Å². The van der Waals surface area contributed by atoms with Gasteiger partial charge in [0.2, 0.25) is 0 Å². The maximum atomic E-state index is 12.4. The van der Waals surface area contributed by atoms with Gasteiger partial charge in [-0.15, -0.1) is 0 Å². The van der Waals surface area contributed by atoms with Crippen molar-refractivity contribution in [2.45, 2.75) is 26.7 Å². The van der Waals surface area contributed by atoms with Gasteiger partial charge in [0.15, 0.2) is 0 Å². The molecule has 20 heavy (non-hydrogen) atoms. The third kappa shape index (κ3) is 3.18. The highest BCUT2D eigenvalue weighted by Crippen LogP contribution is 2.21. The molecule has 0 aliphatic carbocycles. The van der Waals surface area contributed by atoms with Crippen molar-refractivity contribution in [3.63, 3.8) is 0 Å². The predicted octanol–water partition coefficient (Wildman–Crippen LogP) is 2.43. The third-order valence-corrected chi connectivity index (χ3v) is 3.73. The van der Waals surface area contributed by atoms with E-state index in [1.165, 1.54) is 0 Å². The summed E-state index contributed by atoms with van der Waals surface area (Å²) >= 11 is 0. The van der Waals surface area contributed by atoms with Gasteiger partial charge in [0, 0.05) is 18.7 Å². The van der Waals surface area contributed by atoms with Gasteiger partial charge < -0.3 is 10.0 Å². The molecule has 1 unspecified atom stereocenters. The van der Waals surface area contributed by atoms with E-state index in [1.54, 1.807) is 4.90 Å². The Morgan fingerprint density at radius 1 is 1.35 bits per heavy atom. The molecule has 1 aromatic rings. The van der Waals surface area contributed by atoms with Gasteiger partial charge in [-0.05, 0) is 30.4 Å². The Bertz CT molecular complexity index is 510. The Labute approximate surface area is 119 Å². The second-order valence-electron chi connectivity index (χ2n) is 5.82. The first kappa shape index (κ1) is 14.6. The van der Waals surface area contributed by atoms with Crippen molar-refractivity contribution in [2.75, 3.05) is 13.1 Å². The molecule has 4 nitrogen and oxygen atoms in total. The van der Waals surface area contributed by atoms with E-state index in [9.17, 15) is 14.7 Å². The molecular formula is C16H21NO3. The molecule has 1 aliphatic rings. The van der Waals surface area contributed by atoms with E-state index in [4.69, 9.17) is 0 Å². The second kappa shape index (κ2) is 6.07. The number of aliphatic carboxylic acids is 1. The average molecular weight is 275 g/mol. The molecule has 1 aliphatic heterocycles. The summed E-state index contributed by atoms with van der Waals surface area (Å²) in [6.07, 6.45) is 1.40. The zero-order chi connectivity index (χ0) is 14.7. The van der Waals surface area contributed by atoms with E-state index in [0.717, 1.165) is 12.0 Å². The summed E-state index contributed by atoms with van der Waals surface area (Å²) in [6.45, 7) is 4.92. The van der Waals surface area contributed by atoms with E-state index in [2.05, 4.69) is 0 Å². The minimum atomic E-state index is -0.814. The van der Waals surface area contributed by atoms with Crippen LogP contribution in [0, 0.1) is 11.8 Å². The molecule has 0 saturated carbocycles. The largest absolute Gasteiger partial charge is 0.481 e. The van der Waals surface area contributed by atoms with Crippen LogP contribution < -0.4 is 0 Å². The number of carbonyl (C=O) groups excluding carboxylic acids is 1. The smallest absolute Gasteiger partial charge is 0.308 e. The number of fused-ring (bicyclic) bond motifs is 1. The first-order valence-electron chi connectivity index (χ1n) is 7.09. The molecule has 0 fully saturated rings. The van der Waals surface area contributed by atoms with Crippen LogP contribution in [0.4, 0.5) is 0 Å². The number of carboxylic acids is 1.